The Morgan fingerprint density at radius 2 is 2.08 bits per heavy atom. The van der Waals surface area contributed by atoms with Gasteiger partial charge in [0, 0.05) is 11.8 Å². The van der Waals surface area contributed by atoms with Crippen LogP contribution in [-0.2, 0) is 6.54 Å². The van der Waals surface area contributed by atoms with E-state index in [0.717, 1.165) is 6.07 Å². The van der Waals surface area contributed by atoms with Gasteiger partial charge in [0.15, 0.2) is 23.1 Å². The van der Waals surface area contributed by atoms with Crippen molar-refractivity contribution in [3.8, 4) is 17.6 Å². The molecule has 9 heteroatoms. The standard InChI is InChI=1S/C16H9F2N7/c17-11-5-1-3-9(13(11)18)8-25-16-10(4-2-6-20-16)14(24-25)15-21-12(7-19)22-23-15/h1-6H,8H2,(H,21,22,23). The average molecular weight is 337 g/mol. The lowest BCUT2D eigenvalue weighted by Crippen LogP contribution is -2.05. The Morgan fingerprint density at radius 1 is 1.20 bits per heavy atom. The number of hydrogen-bond acceptors (Lipinski definition) is 5. The summed E-state index contributed by atoms with van der Waals surface area (Å²) in [6, 6.07) is 9.30. The van der Waals surface area contributed by atoms with Gasteiger partial charge in [0.1, 0.15) is 11.8 Å². The van der Waals surface area contributed by atoms with Crippen LogP contribution < -0.4 is 0 Å². The van der Waals surface area contributed by atoms with E-state index in [-0.39, 0.29) is 17.9 Å². The van der Waals surface area contributed by atoms with Crippen LogP contribution in [-0.4, -0.2) is 29.9 Å². The van der Waals surface area contributed by atoms with Crippen molar-refractivity contribution in [1.82, 2.24) is 29.9 Å². The molecule has 0 aliphatic heterocycles. The van der Waals surface area contributed by atoms with Crippen LogP contribution in [0.4, 0.5) is 8.78 Å². The fourth-order valence-electron chi connectivity index (χ4n) is 2.54. The number of fused-ring (bicyclic) bond motifs is 1. The Hall–Kier alpha value is -3.67. The van der Waals surface area contributed by atoms with Gasteiger partial charge in [0.05, 0.1) is 11.9 Å². The van der Waals surface area contributed by atoms with Gasteiger partial charge >= 0.3 is 0 Å². The zero-order valence-electron chi connectivity index (χ0n) is 12.6. The monoisotopic (exact) mass is 337 g/mol. The lowest BCUT2D eigenvalue weighted by atomic mass is 10.2. The molecule has 122 valence electrons. The lowest BCUT2D eigenvalue weighted by Gasteiger charge is -2.05. The Bertz CT molecular complexity index is 1120. The van der Waals surface area contributed by atoms with E-state index in [4.69, 9.17) is 5.26 Å². The van der Waals surface area contributed by atoms with Gasteiger partial charge < -0.3 is 0 Å². The minimum absolute atomic E-state index is 0.00362. The third-order valence-electron chi connectivity index (χ3n) is 3.67. The number of H-pyrrole nitrogens is 1. The fraction of sp³-hybridized carbons (Fsp3) is 0.0625. The van der Waals surface area contributed by atoms with E-state index in [0.29, 0.717) is 22.6 Å². The van der Waals surface area contributed by atoms with Gasteiger partial charge in [-0.3, -0.25) is 5.10 Å². The number of aromatic amines is 1. The summed E-state index contributed by atoms with van der Waals surface area (Å²) < 4.78 is 28.9. The third kappa shape index (κ3) is 2.49. The van der Waals surface area contributed by atoms with E-state index >= 15 is 0 Å². The molecule has 0 amide bonds. The molecule has 4 aromatic rings. The molecular formula is C16H9F2N7. The number of aromatic nitrogens is 6. The summed E-state index contributed by atoms with van der Waals surface area (Å²) in [6.07, 6.45) is 1.58. The number of benzene rings is 1. The zero-order chi connectivity index (χ0) is 17.4. The first kappa shape index (κ1) is 14.9. The van der Waals surface area contributed by atoms with Crippen molar-refractivity contribution in [1.29, 1.82) is 5.26 Å². The molecule has 3 aromatic heterocycles. The van der Waals surface area contributed by atoms with Crippen LogP contribution in [0.3, 0.4) is 0 Å². The number of hydrogen-bond donors (Lipinski definition) is 1. The largest absolute Gasteiger partial charge is 0.257 e. The molecule has 0 unspecified atom stereocenters. The molecular weight excluding hydrogens is 328 g/mol. The molecule has 25 heavy (non-hydrogen) atoms. The molecule has 0 bridgehead atoms. The SMILES string of the molecule is N#Cc1n[nH]c(-c2nn(Cc3cccc(F)c3F)c3ncccc23)n1. The number of rotatable bonds is 3. The van der Waals surface area contributed by atoms with Crippen LogP contribution in [0.2, 0.25) is 0 Å². The first-order chi connectivity index (χ1) is 12.2. The molecule has 4 rings (SSSR count). The summed E-state index contributed by atoms with van der Waals surface area (Å²) >= 11 is 0. The van der Waals surface area contributed by atoms with E-state index in [9.17, 15) is 8.78 Å². The second kappa shape index (κ2) is 5.76. The predicted octanol–water partition coefficient (Wildman–Crippen LogP) is 2.41. The second-order valence-corrected chi connectivity index (χ2v) is 5.21. The molecule has 0 saturated carbocycles. The van der Waals surface area contributed by atoms with Crippen molar-refractivity contribution in [2.75, 3.05) is 0 Å². The molecule has 0 spiro atoms. The van der Waals surface area contributed by atoms with E-state index in [1.165, 1.54) is 16.8 Å². The minimum Gasteiger partial charge on any atom is -0.257 e. The number of nitrogens with zero attached hydrogens (tertiary/aromatic N) is 6. The minimum atomic E-state index is -0.921. The van der Waals surface area contributed by atoms with Gasteiger partial charge in [-0.15, -0.1) is 5.10 Å². The molecule has 1 N–H and O–H groups in total. The highest BCUT2D eigenvalue weighted by Gasteiger charge is 2.18. The first-order valence-electron chi connectivity index (χ1n) is 7.24. The number of halogens is 2. The summed E-state index contributed by atoms with van der Waals surface area (Å²) in [4.78, 5) is 8.30. The van der Waals surface area contributed by atoms with Crippen molar-refractivity contribution < 1.29 is 8.78 Å². The molecule has 0 fully saturated rings. The maximum Gasteiger partial charge on any atom is 0.252 e. The molecule has 0 aliphatic carbocycles. The van der Waals surface area contributed by atoms with Crippen molar-refractivity contribution >= 4 is 11.0 Å². The highest BCUT2D eigenvalue weighted by molar-refractivity contribution is 5.89. The molecule has 1 aromatic carbocycles. The second-order valence-electron chi connectivity index (χ2n) is 5.21. The lowest BCUT2D eigenvalue weighted by molar-refractivity contribution is 0.493. The van der Waals surface area contributed by atoms with Gasteiger partial charge in [-0.05, 0) is 18.2 Å². The van der Waals surface area contributed by atoms with Gasteiger partial charge in [0.2, 0.25) is 0 Å². The van der Waals surface area contributed by atoms with Gasteiger partial charge in [-0.25, -0.2) is 18.4 Å². The molecule has 7 nitrogen and oxygen atoms in total. The van der Waals surface area contributed by atoms with E-state index in [1.54, 1.807) is 18.3 Å². The van der Waals surface area contributed by atoms with Crippen LogP contribution in [0.1, 0.15) is 11.4 Å². The van der Waals surface area contributed by atoms with Crippen LogP contribution in [0.15, 0.2) is 36.5 Å². The van der Waals surface area contributed by atoms with Gasteiger partial charge in [-0.2, -0.15) is 15.3 Å². The van der Waals surface area contributed by atoms with Gasteiger partial charge in [-0.1, -0.05) is 12.1 Å². The van der Waals surface area contributed by atoms with Crippen LogP contribution in [0.5, 0.6) is 0 Å². The van der Waals surface area contributed by atoms with E-state index in [1.807, 2.05) is 6.07 Å². The van der Waals surface area contributed by atoms with Crippen LogP contribution in [0.25, 0.3) is 22.6 Å². The topological polar surface area (TPSA) is 96.1 Å². The summed E-state index contributed by atoms with van der Waals surface area (Å²) in [5, 5.41) is 20.3. The molecule has 0 atom stereocenters. The van der Waals surface area contributed by atoms with Crippen molar-refractivity contribution in [2.45, 2.75) is 6.54 Å². The summed E-state index contributed by atoms with van der Waals surface area (Å²) in [7, 11) is 0. The van der Waals surface area contributed by atoms with E-state index < -0.39 is 11.6 Å². The first-order valence-corrected chi connectivity index (χ1v) is 7.24. The molecule has 3 heterocycles. The Labute approximate surface area is 139 Å². The predicted molar refractivity (Wildman–Crippen MR) is 83.1 cm³/mol. The maximum atomic E-state index is 14.0. The highest BCUT2D eigenvalue weighted by Crippen LogP contribution is 2.25. The third-order valence-corrected chi connectivity index (χ3v) is 3.67. The number of nitrogens with one attached hydrogen (secondary N) is 1. The van der Waals surface area contributed by atoms with Crippen molar-refractivity contribution in [3.05, 3.63) is 59.6 Å². The summed E-state index contributed by atoms with van der Waals surface area (Å²) in [6.45, 7) is -0.00362. The van der Waals surface area contributed by atoms with Crippen LogP contribution in [0, 0.1) is 23.0 Å². The zero-order valence-corrected chi connectivity index (χ0v) is 12.6. The average Bonchev–Trinajstić information content (AvgIpc) is 3.24. The van der Waals surface area contributed by atoms with E-state index in [2.05, 4.69) is 25.3 Å². The summed E-state index contributed by atoms with van der Waals surface area (Å²) in [5.41, 5.74) is 1.06. The summed E-state index contributed by atoms with van der Waals surface area (Å²) in [5.74, 6) is -1.56. The molecule has 0 saturated heterocycles. The quantitative estimate of drug-likeness (QED) is 0.619. The Morgan fingerprint density at radius 3 is 2.88 bits per heavy atom. The highest BCUT2D eigenvalue weighted by atomic mass is 19.2. The molecule has 0 radical (unpaired) electrons. The fourth-order valence-corrected chi connectivity index (χ4v) is 2.54. The number of nitriles is 1. The molecule has 0 aliphatic rings. The van der Waals surface area contributed by atoms with Crippen LogP contribution >= 0.6 is 0 Å². The number of pyridine rings is 1. The maximum absolute atomic E-state index is 14.0. The van der Waals surface area contributed by atoms with Crippen molar-refractivity contribution in [2.24, 2.45) is 0 Å². The smallest absolute Gasteiger partial charge is 0.252 e. The van der Waals surface area contributed by atoms with Gasteiger partial charge in [0.25, 0.3) is 5.82 Å². The Balaban J connectivity index is 1.85. The van der Waals surface area contributed by atoms with Crippen molar-refractivity contribution in [3.63, 3.8) is 0 Å². The normalized spacial score (nSPS) is 10.9. The Kier molecular flexibility index (Phi) is 3.43.